The molecule has 5 aromatic carbocycles. The van der Waals surface area contributed by atoms with E-state index in [9.17, 15) is 19.5 Å². The minimum atomic E-state index is -1.10. The number of amides is 2. The van der Waals surface area contributed by atoms with Crippen LogP contribution in [0.2, 0.25) is 0 Å². The number of hydrogen-bond donors (Lipinski definition) is 3. The van der Waals surface area contributed by atoms with Gasteiger partial charge in [0.2, 0.25) is 5.91 Å². The van der Waals surface area contributed by atoms with E-state index >= 15 is 0 Å². The molecule has 3 N–H and O–H groups in total. The molecule has 7 nitrogen and oxygen atoms in total. The van der Waals surface area contributed by atoms with Gasteiger partial charge in [-0.25, -0.2) is 4.79 Å². The molecule has 0 aliphatic heterocycles. The third-order valence-electron chi connectivity index (χ3n) is 8.85. The lowest BCUT2D eigenvalue weighted by Gasteiger charge is -2.37. The largest absolute Gasteiger partial charge is 0.481 e. The molecule has 1 aliphatic carbocycles. The molecular formula is C40H36N2O5. The van der Waals surface area contributed by atoms with Crippen LogP contribution in [-0.4, -0.2) is 36.2 Å². The number of carboxylic acids is 1. The van der Waals surface area contributed by atoms with E-state index in [2.05, 4.69) is 22.8 Å². The summed E-state index contributed by atoms with van der Waals surface area (Å²) in [7, 11) is 0. The first-order valence-electron chi connectivity index (χ1n) is 15.8. The van der Waals surface area contributed by atoms with Crippen molar-refractivity contribution in [2.24, 2.45) is 5.92 Å². The molecule has 0 spiro atoms. The maximum atomic E-state index is 13.7. The van der Waals surface area contributed by atoms with Gasteiger partial charge in [0, 0.05) is 18.9 Å². The topological polar surface area (TPSA) is 105 Å². The van der Waals surface area contributed by atoms with Crippen LogP contribution in [0.25, 0.3) is 11.1 Å². The minimum absolute atomic E-state index is 0.0271. The van der Waals surface area contributed by atoms with Crippen LogP contribution in [0.5, 0.6) is 0 Å². The summed E-state index contributed by atoms with van der Waals surface area (Å²) in [4.78, 5) is 38.6. The number of nitrogens with one attached hydrogen (secondary N) is 2. The van der Waals surface area contributed by atoms with Crippen molar-refractivity contribution in [1.29, 1.82) is 0 Å². The predicted molar refractivity (Wildman–Crippen MR) is 181 cm³/mol. The fraction of sp³-hybridized carbons (Fsp3) is 0.175. The summed E-state index contributed by atoms with van der Waals surface area (Å²) in [5, 5.41) is 15.8. The van der Waals surface area contributed by atoms with E-state index in [1.807, 2.05) is 127 Å². The van der Waals surface area contributed by atoms with E-state index in [1.54, 1.807) is 0 Å². The van der Waals surface area contributed by atoms with Crippen LogP contribution >= 0.6 is 0 Å². The monoisotopic (exact) mass is 624 g/mol. The van der Waals surface area contributed by atoms with Crippen molar-refractivity contribution in [3.63, 3.8) is 0 Å². The smallest absolute Gasteiger partial charge is 0.407 e. The maximum Gasteiger partial charge on any atom is 0.407 e. The quantitative estimate of drug-likeness (QED) is 0.128. The third kappa shape index (κ3) is 6.65. The van der Waals surface area contributed by atoms with Crippen molar-refractivity contribution >= 4 is 18.0 Å². The molecule has 236 valence electrons. The lowest BCUT2D eigenvalue weighted by molar-refractivity contribution is -0.141. The molecule has 0 fully saturated rings. The molecule has 0 saturated carbocycles. The molecule has 0 saturated heterocycles. The minimum Gasteiger partial charge on any atom is -0.481 e. The fourth-order valence-corrected chi connectivity index (χ4v) is 6.53. The van der Waals surface area contributed by atoms with Crippen LogP contribution in [0.15, 0.2) is 140 Å². The van der Waals surface area contributed by atoms with E-state index in [0.717, 1.165) is 38.9 Å². The summed E-state index contributed by atoms with van der Waals surface area (Å²) in [5.41, 5.74) is 6.04. The van der Waals surface area contributed by atoms with Gasteiger partial charge in [-0.15, -0.1) is 0 Å². The SMILES string of the molecule is O=C(CC[C@@H](CNC(=O)OCC1c2ccccc2-c2ccccc21)C(=O)O)NC(c1ccccc1)(c1ccccc1)c1ccccc1. The Morgan fingerprint density at radius 1 is 0.660 bits per heavy atom. The van der Waals surface area contributed by atoms with E-state index < -0.39 is 23.5 Å². The van der Waals surface area contributed by atoms with Crippen molar-refractivity contribution in [2.45, 2.75) is 24.3 Å². The number of carbonyl (C=O) groups is 3. The molecule has 1 atom stereocenters. The Morgan fingerprint density at radius 3 is 1.57 bits per heavy atom. The normalized spacial score (nSPS) is 12.8. The number of aliphatic carboxylic acids is 1. The van der Waals surface area contributed by atoms with E-state index in [0.29, 0.717) is 0 Å². The van der Waals surface area contributed by atoms with Crippen molar-refractivity contribution in [1.82, 2.24) is 10.6 Å². The first-order chi connectivity index (χ1) is 23.0. The highest BCUT2D eigenvalue weighted by Crippen LogP contribution is 2.44. The zero-order chi connectivity index (χ0) is 32.6. The average molecular weight is 625 g/mol. The molecule has 7 heteroatoms. The van der Waals surface area contributed by atoms with Crippen LogP contribution in [0.1, 0.15) is 46.6 Å². The Balaban J connectivity index is 1.11. The summed E-state index contributed by atoms with van der Waals surface area (Å²) in [6.07, 6.45) is -0.726. The highest BCUT2D eigenvalue weighted by atomic mass is 16.5. The second kappa shape index (κ2) is 14.2. The molecule has 0 bridgehead atoms. The Labute approximate surface area is 274 Å². The second-order valence-electron chi connectivity index (χ2n) is 11.7. The van der Waals surface area contributed by atoms with E-state index in [4.69, 9.17) is 4.74 Å². The first kappa shape index (κ1) is 31.3. The van der Waals surface area contributed by atoms with Crippen molar-refractivity contribution < 1.29 is 24.2 Å². The zero-order valence-corrected chi connectivity index (χ0v) is 25.8. The van der Waals surface area contributed by atoms with Crippen molar-refractivity contribution in [3.05, 3.63) is 167 Å². The number of fused-ring (bicyclic) bond motifs is 3. The van der Waals surface area contributed by atoms with Crippen LogP contribution in [0.3, 0.4) is 0 Å². The summed E-state index contributed by atoms with van der Waals surface area (Å²) in [6.45, 7) is -0.0406. The molecule has 5 aromatic rings. The van der Waals surface area contributed by atoms with Gasteiger partial charge in [0.05, 0.1) is 5.92 Å². The number of rotatable bonds is 12. The molecule has 6 rings (SSSR count). The Hall–Kier alpha value is -5.69. The van der Waals surface area contributed by atoms with Crippen LogP contribution in [-0.2, 0) is 19.9 Å². The highest BCUT2D eigenvalue weighted by Gasteiger charge is 2.38. The third-order valence-corrected chi connectivity index (χ3v) is 8.85. The Bertz CT molecular complexity index is 1700. The second-order valence-corrected chi connectivity index (χ2v) is 11.7. The average Bonchev–Trinajstić information content (AvgIpc) is 3.44. The Morgan fingerprint density at radius 2 is 1.11 bits per heavy atom. The van der Waals surface area contributed by atoms with Crippen LogP contribution in [0.4, 0.5) is 4.79 Å². The predicted octanol–water partition coefficient (Wildman–Crippen LogP) is 7.11. The van der Waals surface area contributed by atoms with Gasteiger partial charge in [0.25, 0.3) is 0 Å². The van der Waals surface area contributed by atoms with Gasteiger partial charge in [-0.05, 0) is 45.4 Å². The van der Waals surface area contributed by atoms with Gasteiger partial charge in [-0.2, -0.15) is 0 Å². The molecule has 1 aliphatic rings. The number of benzene rings is 5. The highest BCUT2D eigenvalue weighted by molar-refractivity contribution is 5.81. The molecule has 0 heterocycles. The first-order valence-corrected chi connectivity index (χ1v) is 15.8. The zero-order valence-electron chi connectivity index (χ0n) is 25.8. The van der Waals surface area contributed by atoms with Crippen LogP contribution < -0.4 is 10.6 Å². The fourth-order valence-electron chi connectivity index (χ4n) is 6.53. The lowest BCUT2D eigenvalue weighted by Crippen LogP contribution is -2.48. The molecule has 0 radical (unpaired) electrons. The van der Waals surface area contributed by atoms with Gasteiger partial charge in [-0.1, -0.05) is 140 Å². The lowest BCUT2D eigenvalue weighted by atomic mass is 9.77. The van der Waals surface area contributed by atoms with Gasteiger partial charge < -0.3 is 20.5 Å². The molecule has 2 amide bonds. The van der Waals surface area contributed by atoms with Gasteiger partial charge in [0.15, 0.2) is 0 Å². The molecule has 47 heavy (non-hydrogen) atoms. The Kier molecular flexibility index (Phi) is 9.43. The number of carbonyl (C=O) groups excluding carboxylic acids is 2. The molecular weight excluding hydrogens is 588 g/mol. The number of hydrogen-bond acceptors (Lipinski definition) is 4. The summed E-state index contributed by atoms with van der Waals surface area (Å²) in [5.74, 6) is -2.50. The van der Waals surface area contributed by atoms with Gasteiger partial charge >= 0.3 is 12.1 Å². The van der Waals surface area contributed by atoms with E-state index in [-0.39, 0.29) is 37.8 Å². The van der Waals surface area contributed by atoms with Crippen LogP contribution in [0, 0.1) is 5.92 Å². The summed E-state index contributed by atoms with van der Waals surface area (Å²) in [6, 6.07) is 45.3. The molecule has 0 aromatic heterocycles. The number of alkyl carbamates (subject to hydrolysis) is 1. The van der Waals surface area contributed by atoms with Gasteiger partial charge in [-0.3, -0.25) is 9.59 Å². The van der Waals surface area contributed by atoms with E-state index in [1.165, 1.54) is 0 Å². The number of carboxylic acid groups (broad SMARTS) is 1. The summed E-state index contributed by atoms with van der Waals surface area (Å²) < 4.78 is 5.59. The summed E-state index contributed by atoms with van der Waals surface area (Å²) >= 11 is 0. The number of ether oxygens (including phenoxy) is 1. The standard InChI is InChI=1S/C40H36N2O5/c43-37(42-40(29-14-4-1-5-15-29,30-16-6-2-7-17-30)31-18-8-3-9-19-31)25-24-28(38(44)45)26-41-39(46)47-27-36-34-22-12-10-20-32(34)33-21-11-13-23-35(33)36/h1-23,28,36H,24-27H2,(H,41,46)(H,42,43)(H,44,45)/t28-/m0/s1. The van der Waals surface area contributed by atoms with Crippen molar-refractivity contribution in [2.75, 3.05) is 13.2 Å². The van der Waals surface area contributed by atoms with Crippen molar-refractivity contribution in [3.8, 4) is 11.1 Å². The van der Waals surface area contributed by atoms with Gasteiger partial charge in [0.1, 0.15) is 12.1 Å². The maximum absolute atomic E-state index is 13.7. The molecule has 0 unspecified atom stereocenters.